The van der Waals surface area contributed by atoms with Crippen molar-refractivity contribution < 1.29 is 0 Å². The lowest BCUT2D eigenvalue weighted by Gasteiger charge is -2.20. The molecule has 0 aliphatic rings. The molecule has 2 heterocycles. The zero-order chi connectivity index (χ0) is 12.9. The lowest BCUT2D eigenvalue weighted by molar-refractivity contribution is 0.678. The molecule has 0 radical (unpaired) electrons. The Bertz CT molecular complexity index is 567. The first-order valence-corrected chi connectivity index (χ1v) is 5.99. The number of hydrogen-bond donors (Lipinski definition) is 1. The molecular weight excluding hydrogens is 238 g/mol. The molecule has 19 heavy (non-hydrogen) atoms. The fourth-order valence-electron chi connectivity index (χ4n) is 1.95. The number of rotatable bonds is 4. The van der Waals surface area contributed by atoms with Gasteiger partial charge in [-0.2, -0.15) is 4.79 Å². The predicted octanol–water partition coefficient (Wildman–Crippen LogP) is 2.01. The highest BCUT2D eigenvalue weighted by Gasteiger charge is 2.13. The smallest absolute Gasteiger partial charge is 0.139 e. The average molecular weight is 251 g/mol. The van der Waals surface area contributed by atoms with Crippen molar-refractivity contribution in [2.45, 2.75) is 6.04 Å². The highest BCUT2D eigenvalue weighted by atomic mass is 15.6. The molecule has 0 spiro atoms. The maximum atomic E-state index is 4.09. The molecular formula is C14H13N5. The second-order valence-corrected chi connectivity index (χ2v) is 4.09. The normalized spacial score (nSPS) is 12.0. The van der Waals surface area contributed by atoms with E-state index in [0.29, 0.717) is 0 Å². The predicted molar refractivity (Wildman–Crippen MR) is 71.9 cm³/mol. The number of nitrogens with zero attached hydrogens (tertiary/aromatic N) is 4. The minimum Gasteiger partial charge on any atom is -0.297 e. The maximum absolute atomic E-state index is 4.09. The van der Waals surface area contributed by atoms with Gasteiger partial charge in [0.25, 0.3) is 0 Å². The van der Waals surface area contributed by atoms with E-state index in [-0.39, 0.29) is 6.04 Å². The summed E-state index contributed by atoms with van der Waals surface area (Å²) in [5, 5.41) is 4.09. The molecule has 1 N–H and O–H groups in total. The number of hydrogen-bond acceptors (Lipinski definition) is 4. The van der Waals surface area contributed by atoms with Crippen molar-refractivity contribution >= 4 is 0 Å². The Morgan fingerprint density at radius 1 is 0.895 bits per heavy atom. The molecule has 1 atom stereocenters. The number of pyridine rings is 1. The van der Waals surface area contributed by atoms with E-state index in [4.69, 9.17) is 0 Å². The zero-order valence-electron chi connectivity index (χ0n) is 10.2. The van der Waals surface area contributed by atoms with Gasteiger partial charge in [-0.3, -0.25) is 10.4 Å². The standard InChI is InChI=1S/C14H13N5/c1-2-4-12(5-3-1)14(13-6-8-15-9-7-13)18-19-11-16-10-17-19/h1-11,14,18H. The Balaban J connectivity index is 1.96. The molecule has 0 aliphatic carbocycles. The number of benzene rings is 1. The molecule has 2 aromatic heterocycles. The van der Waals surface area contributed by atoms with Crippen LogP contribution in [0.15, 0.2) is 67.5 Å². The minimum absolute atomic E-state index is 0.00546. The molecule has 1 unspecified atom stereocenters. The Morgan fingerprint density at radius 3 is 2.32 bits per heavy atom. The van der Waals surface area contributed by atoms with Gasteiger partial charge >= 0.3 is 0 Å². The molecule has 0 saturated heterocycles. The molecule has 5 heteroatoms. The molecule has 0 aliphatic heterocycles. The summed E-state index contributed by atoms with van der Waals surface area (Å²) in [5.41, 5.74) is 5.59. The van der Waals surface area contributed by atoms with Gasteiger partial charge in [0.2, 0.25) is 0 Å². The highest BCUT2D eigenvalue weighted by molar-refractivity contribution is 5.32. The second kappa shape index (κ2) is 5.30. The molecule has 1 aromatic carbocycles. The molecule has 0 fully saturated rings. The summed E-state index contributed by atoms with van der Waals surface area (Å²) in [6.07, 6.45) is 6.71. The summed E-state index contributed by atoms with van der Waals surface area (Å²) in [6.45, 7) is 0. The topological polar surface area (TPSA) is 55.6 Å². The summed E-state index contributed by atoms with van der Waals surface area (Å²) in [5.74, 6) is 0. The third-order valence-electron chi connectivity index (χ3n) is 2.85. The molecule has 3 aromatic rings. The van der Waals surface area contributed by atoms with E-state index in [1.54, 1.807) is 23.5 Å². The van der Waals surface area contributed by atoms with Crippen LogP contribution in [0.4, 0.5) is 0 Å². The largest absolute Gasteiger partial charge is 0.297 e. The summed E-state index contributed by atoms with van der Waals surface area (Å²) in [7, 11) is 0. The van der Waals surface area contributed by atoms with Gasteiger partial charge in [0.15, 0.2) is 0 Å². The van der Waals surface area contributed by atoms with Crippen LogP contribution in [0.1, 0.15) is 17.2 Å². The van der Waals surface area contributed by atoms with Crippen molar-refractivity contribution in [2.75, 3.05) is 5.43 Å². The van der Waals surface area contributed by atoms with Gasteiger partial charge < -0.3 is 0 Å². The van der Waals surface area contributed by atoms with E-state index in [0.717, 1.165) is 11.1 Å². The van der Waals surface area contributed by atoms with Gasteiger partial charge in [-0.05, 0) is 23.3 Å². The lowest BCUT2D eigenvalue weighted by atomic mass is 10.0. The third kappa shape index (κ3) is 2.60. The van der Waals surface area contributed by atoms with Gasteiger partial charge in [-0.15, -0.1) is 5.10 Å². The zero-order valence-corrected chi connectivity index (χ0v) is 10.2. The maximum Gasteiger partial charge on any atom is 0.139 e. The van der Waals surface area contributed by atoms with Crippen LogP contribution in [0.2, 0.25) is 0 Å². The van der Waals surface area contributed by atoms with Crippen molar-refractivity contribution in [1.82, 2.24) is 19.9 Å². The Hall–Kier alpha value is -2.69. The quantitative estimate of drug-likeness (QED) is 0.770. The lowest BCUT2D eigenvalue weighted by Crippen LogP contribution is -2.22. The average Bonchev–Trinajstić information content (AvgIpc) is 3.00. The monoisotopic (exact) mass is 251 g/mol. The number of nitrogens with one attached hydrogen (secondary N) is 1. The van der Waals surface area contributed by atoms with Crippen molar-refractivity contribution in [3.05, 3.63) is 78.6 Å². The first-order valence-electron chi connectivity index (χ1n) is 5.99. The van der Waals surface area contributed by atoms with Crippen molar-refractivity contribution in [3.8, 4) is 0 Å². The number of aromatic nitrogens is 4. The first kappa shape index (κ1) is 11.4. The molecule has 3 rings (SSSR count). The second-order valence-electron chi connectivity index (χ2n) is 4.09. The van der Waals surface area contributed by atoms with Crippen molar-refractivity contribution in [2.24, 2.45) is 0 Å². The molecule has 94 valence electrons. The molecule has 5 nitrogen and oxygen atoms in total. The van der Waals surface area contributed by atoms with E-state index in [9.17, 15) is 0 Å². The third-order valence-corrected chi connectivity index (χ3v) is 2.85. The van der Waals surface area contributed by atoms with E-state index < -0.39 is 0 Å². The van der Waals surface area contributed by atoms with Crippen LogP contribution in [0.5, 0.6) is 0 Å². The van der Waals surface area contributed by atoms with Crippen LogP contribution >= 0.6 is 0 Å². The molecule has 0 bridgehead atoms. The summed E-state index contributed by atoms with van der Waals surface area (Å²) in [4.78, 5) is 9.60. The fourth-order valence-corrected chi connectivity index (χ4v) is 1.95. The minimum atomic E-state index is 0.00546. The van der Waals surface area contributed by atoms with Gasteiger partial charge in [0.05, 0.1) is 6.04 Å². The van der Waals surface area contributed by atoms with Gasteiger partial charge in [0.1, 0.15) is 12.7 Å². The Labute approximate surface area is 110 Å². The van der Waals surface area contributed by atoms with Crippen LogP contribution in [0.25, 0.3) is 0 Å². The van der Waals surface area contributed by atoms with Crippen LogP contribution in [-0.4, -0.2) is 19.9 Å². The molecule has 0 saturated carbocycles. The SMILES string of the molecule is c1ccc(C(Nn2cncn2)c2ccncc2)cc1. The van der Waals surface area contributed by atoms with Crippen LogP contribution in [0, 0.1) is 0 Å². The van der Waals surface area contributed by atoms with Crippen molar-refractivity contribution in [3.63, 3.8) is 0 Å². The van der Waals surface area contributed by atoms with Crippen LogP contribution in [0.3, 0.4) is 0 Å². The highest BCUT2D eigenvalue weighted by Crippen LogP contribution is 2.21. The van der Waals surface area contributed by atoms with Crippen molar-refractivity contribution in [1.29, 1.82) is 0 Å². The van der Waals surface area contributed by atoms with Gasteiger partial charge in [-0.1, -0.05) is 30.3 Å². The van der Waals surface area contributed by atoms with Gasteiger partial charge in [-0.25, -0.2) is 4.98 Å². The summed E-state index contributed by atoms with van der Waals surface area (Å²) < 4.78 is 0. The van der Waals surface area contributed by atoms with E-state index in [1.807, 2.05) is 30.3 Å². The summed E-state index contributed by atoms with van der Waals surface area (Å²) in [6, 6.07) is 14.2. The first-order chi connectivity index (χ1) is 9.43. The van der Waals surface area contributed by atoms with E-state index in [1.165, 1.54) is 6.33 Å². The molecule has 0 amide bonds. The fraction of sp³-hybridized carbons (Fsp3) is 0.0714. The van der Waals surface area contributed by atoms with Gasteiger partial charge in [0, 0.05) is 12.4 Å². The van der Waals surface area contributed by atoms with Crippen LogP contribution in [-0.2, 0) is 0 Å². The van der Waals surface area contributed by atoms with Crippen LogP contribution < -0.4 is 5.43 Å². The Kier molecular flexibility index (Phi) is 3.18. The Morgan fingerprint density at radius 2 is 1.63 bits per heavy atom. The van der Waals surface area contributed by atoms with E-state index in [2.05, 4.69) is 32.6 Å². The summed E-state index contributed by atoms with van der Waals surface area (Å²) >= 11 is 0. The van der Waals surface area contributed by atoms with E-state index >= 15 is 0 Å².